The van der Waals surface area contributed by atoms with E-state index < -0.39 is 5.60 Å². The molecule has 1 saturated carbocycles. The Morgan fingerprint density at radius 2 is 1.48 bits per heavy atom. The van der Waals surface area contributed by atoms with Gasteiger partial charge in [-0.3, -0.25) is 9.97 Å². The summed E-state index contributed by atoms with van der Waals surface area (Å²) in [5.41, 5.74) is 5.60. The number of hydrogen-bond acceptors (Lipinski definition) is 6. The summed E-state index contributed by atoms with van der Waals surface area (Å²) in [4.78, 5) is 30.8. The van der Waals surface area contributed by atoms with Crippen molar-refractivity contribution in [1.29, 1.82) is 0 Å². The molecule has 0 bridgehead atoms. The molecule has 44 heavy (non-hydrogen) atoms. The van der Waals surface area contributed by atoms with Crippen molar-refractivity contribution in [3.63, 3.8) is 0 Å². The van der Waals surface area contributed by atoms with Gasteiger partial charge in [-0.1, -0.05) is 87.7 Å². The number of hydrogen-bond donors (Lipinski definition) is 0. The maximum atomic E-state index is 11.6. The summed E-state index contributed by atoms with van der Waals surface area (Å²) in [6.45, 7) is 11.0. The fourth-order valence-electron chi connectivity index (χ4n) is 5.10. The van der Waals surface area contributed by atoms with Crippen molar-refractivity contribution in [3.05, 3.63) is 80.7 Å². The Morgan fingerprint density at radius 1 is 0.909 bits per heavy atom. The molecule has 2 aliphatic rings. The number of piperidine rings is 1. The quantitative estimate of drug-likeness (QED) is 0.190. The molecule has 0 unspecified atom stereocenters. The SMILES string of the molecule is Brc1ccc2ncc(CC3CCCCC3)nc2c1.C=C1CCN(C(=O)OC(C)(C)C)CC1.Clc1cnc2ccc(Br)cc2n1. The summed E-state index contributed by atoms with van der Waals surface area (Å²) in [5.74, 6) is 0.817. The normalized spacial score (nSPS) is 15.7. The zero-order valence-electron chi connectivity index (χ0n) is 25.7. The van der Waals surface area contributed by atoms with Crippen LogP contribution in [0.15, 0.2) is 69.9 Å². The molecule has 1 aliphatic heterocycles. The second kappa shape index (κ2) is 16.1. The molecule has 4 aromatic rings. The number of carbonyl (C=O) groups is 1. The van der Waals surface area contributed by atoms with E-state index in [2.05, 4.69) is 53.4 Å². The van der Waals surface area contributed by atoms with Crippen LogP contribution in [0.4, 0.5) is 4.79 Å². The van der Waals surface area contributed by atoms with Crippen molar-refractivity contribution in [2.24, 2.45) is 5.92 Å². The van der Waals surface area contributed by atoms with E-state index in [9.17, 15) is 4.79 Å². The van der Waals surface area contributed by atoms with E-state index in [-0.39, 0.29) is 6.09 Å². The number of fused-ring (bicyclic) bond motifs is 2. The molecule has 0 atom stereocenters. The lowest BCUT2D eigenvalue weighted by atomic mass is 9.86. The zero-order valence-corrected chi connectivity index (χ0v) is 29.6. The largest absolute Gasteiger partial charge is 0.444 e. The second-order valence-corrected chi connectivity index (χ2v) is 14.5. The van der Waals surface area contributed by atoms with Gasteiger partial charge in [0.05, 0.1) is 34.0 Å². The molecule has 1 amide bonds. The molecule has 0 N–H and O–H groups in total. The minimum Gasteiger partial charge on any atom is -0.444 e. The number of aromatic nitrogens is 4. The van der Waals surface area contributed by atoms with Gasteiger partial charge in [-0.15, -0.1) is 0 Å². The number of benzene rings is 2. The Hall–Kier alpha value is -2.62. The first kappa shape index (κ1) is 34.3. The molecule has 2 aromatic carbocycles. The highest BCUT2D eigenvalue weighted by atomic mass is 79.9. The van der Waals surface area contributed by atoms with Crippen LogP contribution in [0.5, 0.6) is 0 Å². The van der Waals surface area contributed by atoms with E-state index in [0.717, 1.165) is 75.0 Å². The van der Waals surface area contributed by atoms with Gasteiger partial charge < -0.3 is 9.64 Å². The van der Waals surface area contributed by atoms with Crippen molar-refractivity contribution in [3.8, 4) is 0 Å². The van der Waals surface area contributed by atoms with E-state index in [4.69, 9.17) is 21.3 Å². The van der Waals surface area contributed by atoms with Crippen molar-refractivity contribution >= 4 is 71.6 Å². The fourth-order valence-corrected chi connectivity index (χ4v) is 5.94. The molecule has 2 aromatic heterocycles. The Kier molecular flexibility index (Phi) is 12.5. The number of ether oxygens (including phenoxy) is 1. The fraction of sp³-hybridized carbons (Fsp3) is 0.441. The van der Waals surface area contributed by atoms with Crippen LogP contribution in [0.1, 0.15) is 71.4 Å². The lowest BCUT2D eigenvalue weighted by Crippen LogP contribution is -2.40. The number of nitrogens with zero attached hydrogens (tertiary/aromatic N) is 5. The van der Waals surface area contributed by atoms with Gasteiger partial charge in [-0.2, -0.15) is 0 Å². The topological polar surface area (TPSA) is 81.1 Å². The number of likely N-dealkylation sites (tertiary alicyclic amines) is 1. The van der Waals surface area contributed by atoms with Crippen molar-refractivity contribution in [1.82, 2.24) is 24.8 Å². The summed E-state index contributed by atoms with van der Waals surface area (Å²) in [6.07, 6.45) is 13.1. The van der Waals surface area contributed by atoms with Crippen molar-refractivity contribution < 1.29 is 9.53 Å². The summed E-state index contributed by atoms with van der Waals surface area (Å²) in [6, 6.07) is 11.8. The zero-order chi connectivity index (χ0) is 31.7. The van der Waals surface area contributed by atoms with E-state index >= 15 is 0 Å². The Labute approximate surface area is 282 Å². The summed E-state index contributed by atoms with van der Waals surface area (Å²) >= 11 is 12.5. The molecular weight excluding hydrogens is 706 g/mol. The van der Waals surface area contributed by atoms with Crippen molar-refractivity contribution in [2.45, 2.75) is 77.7 Å². The second-order valence-electron chi connectivity index (χ2n) is 12.2. The molecule has 0 radical (unpaired) electrons. The molecule has 3 heterocycles. The maximum Gasteiger partial charge on any atom is 0.410 e. The van der Waals surface area contributed by atoms with Crippen LogP contribution in [0, 0.1) is 5.92 Å². The molecule has 234 valence electrons. The van der Waals surface area contributed by atoms with Crippen molar-refractivity contribution in [2.75, 3.05) is 13.1 Å². The van der Waals surface area contributed by atoms with Gasteiger partial charge in [0.1, 0.15) is 10.8 Å². The van der Waals surface area contributed by atoms with Crippen LogP contribution < -0.4 is 0 Å². The standard InChI is InChI=1S/C15H17BrN2.C11H19NO2.C8H4BrClN2/c16-12-6-7-14-15(9-12)18-13(10-17-14)8-11-4-2-1-3-5-11;1-9-5-7-12(8-6-9)10(13)14-11(2,3)4;9-5-1-2-6-7(3-5)12-8(10)4-11-6/h6-7,9-11H,1-5,8H2;1,5-8H2,2-4H3;1-4H. The molecule has 6 rings (SSSR count). The lowest BCUT2D eigenvalue weighted by molar-refractivity contribution is 0.0236. The van der Waals surface area contributed by atoms with Gasteiger partial charge in [0.25, 0.3) is 0 Å². The van der Waals surface area contributed by atoms with Crippen LogP contribution in [0.25, 0.3) is 22.1 Å². The summed E-state index contributed by atoms with van der Waals surface area (Å²) in [5, 5.41) is 0.417. The van der Waals surface area contributed by atoms with Gasteiger partial charge in [-0.25, -0.2) is 14.8 Å². The highest BCUT2D eigenvalue weighted by molar-refractivity contribution is 9.10. The van der Waals surface area contributed by atoms with Gasteiger partial charge in [0, 0.05) is 28.2 Å². The van der Waals surface area contributed by atoms with E-state index in [1.165, 1.54) is 43.9 Å². The Bertz CT molecular complexity index is 1540. The van der Waals surface area contributed by atoms with Crippen LogP contribution in [-0.2, 0) is 11.2 Å². The van der Waals surface area contributed by atoms with Gasteiger partial charge in [-0.05, 0) is 82.3 Å². The molecule has 1 aliphatic carbocycles. The highest BCUT2D eigenvalue weighted by Crippen LogP contribution is 2.27. The first-order valence-corrected chi connectivity index (χ1v) is 17.0. The minimum absolute atomic E-state index is 0.204. The van der Waals surface area contributed by atoms with Crippen LogP contribution in [0.3, 0.4) is 0 Å². The van der Waals surface area contributed by atoms with Gasteiger partial charge >= 0.3 is 6.09 Å². The third-order valence-electron chi connectivity index (χ3n) is 7.37. The molecule has 2 fully saturated rings. The van der Waals surface area contributed by atoms with Crippen LogP contribution in [0.2, 0.25) is 5.15 Å². The third-order valence-corrected chi connectivity index (χ3v) is 8.54. The smallest absolute Gasteiger partial charge is 0.410 e. The highest BCUT2D eigenvalue weighted by Gasteiger charge is 2.24. The monoisotopic (exact) mass is 743 g/mol. The Morgan fingerprint density at radius 3 is 2.07 bits per heavy atom. The molecule has 1 saturated heterocycles. The average molecular weight is 746 g/mol. The predicted octanol–water partition coefficient (Wildman–Crippen LogP) is 10.1. The molecular formula is C34H40Br2ClN5O2. The van der Waals surface area contributed by atoms with Crippen LogP contribution in [-0.4, -0.2) is 49.6 Å². The predicted molar refractivity (Wildman–Crippen MR) is 186 cm³/mol. The van der Waals surface area contributed by atoms with Crippen LogP contribution >= 0.6 is 43.5 Å². The summed E-state index contributed by atoms with van der Waals surface area (Å²) in [7, 11) is 0. The minimum atomic E-state index is -0.397. The lowest BCUT2D eigenvalue weighted by Gasteiger charge is -2.30. The molecule has 7 nitrogen and oxygen atoms in total. The average Bonchev–Trinajstić information content (AvgIpc) is 2.97. The first-order valence-electron chi connectivity index (χ1n) is 15.1. The summed E-state index contributed by atoms with van der Waals surface area (Å²) < 4.78 is 7.32. The third kappa shape index (κ3) is 11.1. The number of carbonyl (C=O) groups excluding carboxylic acids is 1. The maximum absolute atomic E-state index is 11.6. The van der Waals surface area contributed by atoms with E-state index in [1.807, 2.05) is 63.4 Å². The first-order chi connectivity index (χ1) is 20.9. The Balaban J connectivity index is 0.000000154. The number of amides is 1. The van der Waals surface area contributed by atoms with Gasteiger partial charge in [0.15, 0.2) is 0 Å². The number of rotatable bonds is 2. The van der Waals surface area contributed by atoms with E-state index in [0.29, 0.717) is 5.15 Å². The number of halogens is 3. The molecule has 0 spiro atoms. The van der Waals surface area contributed by atoms with Gasteiger partial charge in [0.2, 0.25) is 0 Å². The molecule has 10 heteroatoms. The van der Waals surface area contributed by atoms with E-state index in [1.54, 1.807) is 4.90 Å².